The van der Waals surface area contributed by atoms with Crippen LogP contribution in [0.15, 0.2) is 27.1 Å². The molecule has 0 amide bonds. The fourth-order valence-corrected chi connectivity index (χ4v) is 2.93. The van der Waals surface area contributed by atoms with Crippen LogP contribution in [0, 0.1) is 20.8 Å². The molecule has 1 heterocycles. The molecule has 0 saturated carbocycles. The Morgan fingerprint density at radius 2 is 1.86 bits per heavy atom. The number of aromatic hydroxyl groups is 1. The van der Waals surface area contributed by atoms with Gasteiger partial charge in [-0.05, 0) is 71.6 Å². The summed E-state index contributed by atoms with van der Waals surface area (Å²) in [5, 5.41) is 10.2. The van der Waals surface area contributed by atoms with Crippen molar-refractivity contribution in [3.8, 4) is 17.2 Å². The minimum Gasteiger partial charge on any atom is -0.507 e. The molecule has 0 atom stereocenters. The van der Waals surface area contributed by atoms with Crippen LogP contribution in [0.2, 0.25) is 0 Å². The maximum atomic E-state index is 10.2. The Morgan fingerprint density at radius 3 is 2.57 bits per heavy atom. The lowest BCUT2D eigenvalue weighted by molar-refractivity contribution is 0.470. The summed E-state index contributed by atoms with van der Waals surface area (Å²) in [5.41, 5.74) is 11.3. The Kier molecular flexibility index (Phi) is 3.17. The molecule has 2 aromatic carbocycles. The maximum Gasteiger partial charge on any atom is 0.231 e. The molecule has 0 aliphatic rings. The molecule has 4 nitrogen and oxygen atoms in total. The first-order valence-electron chi connectivity index (χ1n) is 6.54. The average molecular weight is 347 g/mol. The van der Waals surface area contributed by atoms with E-state index in [9.17, 15) is 5.11 Å². The van der Waals surface area contributed by atoms with E-state index in [2.05, 4.69) is 20.9 Å². The van der Waals surface area contributed by atoms with Crippen LogP contribution in [-0.2, 0) is 0 Å². The number of aromatic nitrogens is 1. The summed E-state index contributed by atoms with van der Waals surface area (Å²) in [4.78, 5) is 4.48. The van der Waals surface area contributed by atoms with Crippen molar-refractivity contribution >= 4 is 32.7 Å². The third-order valence-electron chi connectivity index (χ3n) is 3.68. The highest BCUT2D eigenvalue weighted by atomic mass is 79.9. The van der Waals surface area contributed by atoms with Crippen LogP contribution in [0.3, 0.4) is 0 Å². The maximum absolute atomic E-state index is 10.2. The van der Waals surface area contributed by atoms with E-state index in [1.54, 1.807) is 19.1 Å². The molecule has 0 aliphatic heterocycles. The molecular formula is C16H15BrN2O2. The van der Waals surface area contributed by atoms with E-state index in [1.165, 1.54) is 0 Å². The minimum atomic E-state index is 0.139. The van der Waals surface area contributed by atoms with E-state index in [1.807, 2.05) is 19.9 Å². The SMILES string of the molecule is Cc1cc2nc(-c3cc(N)cc(C)c3O)oc2c(Br)c1C. The Hall–Kier alpha value is -2.01. The van der Waals surface area contributed by atoms with Crippen molar-refractivity contribution in [1.82, 2.24) is 4.98 Å². The Morgan fingerprint density at radius 1 is 1.14 bits per heavy atom. The summed E-state index contributed by atoms with van der Waals surface area (Å²) in [7, 11) is 0. The number of rotatable bonds is 1. The van der Waals surface area contributed by atoms with Crippen LogP contribution in [-0.4, -0.2) is 10.1 Å². The van der Waals surface area contributed by atoms with E-state index >= 15 is 0 Å². The molecule has 0 spiro atoms. The van der Waals surface area contributed by atoms with Gasteiger partial charge in [-0.15, -0.1) is 0 Å². The van der Waals surface area contributed by atoms with Gasteiger partial charge in [0.25, 0.3) is 0 Å². The van der Waals surface area contributed by atoms with Crippen LogP contribution >= 0.6 is 15.9 Å². The molecule has 3 N–H and O–H groups in total. The van der Waals surface area contributed by atoms with Gasteiger partial charge in [-0.25, -0.2) is 4.98 Å². The summed E-state index contributed by atoms with van der Waals surface area (Å²) >= 11 is 3.54. The van der Waals surface area contributed by atoms with E-state index < -0.39 is 0 Å². The number of anilines is 1. The van der Waals surface area contributed by atoms with E-state index in [-0.39, 0.29) is 5.75 Å². The molecule has 0 saturated heterocycles. The number of phenolic OH excluding ortho intramolecular Hbond substituents is 1. The molecule has 5 heteroatoms. The number of oxazole rings is 1. The fourth-order valence-electron chi connectivity index (χ4n) is 2.33. The molecular weight excluding hydrogens is 332 g/mol. The van der Waals surface area contributed by atoms with Gasteiger partial charge in [-0.3, -0.25) is 0 Å². The minimum absolute atomic E-state index is 0.139. The predicted molar refractivity (Wildman–Crippen MR) is 87.4 cm³/mol. The highest BCUT2D eigenvalue weighted by Gasteiger charge is 2.17. The summed E-state index contributed by atoms with van der Waals surface area (Å²) < 4.78 is 6.72. The Labute approximate surface area is 130 Å². The highest BCUT2D eigenvalue weighted by molar-refractivity contribution is 9.10. The number of benzene rings is 2. The van der Waals surface area contributed by atoms with E-state index in [0.29, 0.717) is 28.3 Å². The van der Waals surface area contributed by atoms with Gasteiger partial charge in [-0.1, -0.05) is 0 Å². The van der Waals surface area contributed by atoms with Gasteiger partial charge >= 0.3 is 0 Å². The van der Waals surface area contributed by atoms with Crippen molar-refractivity contribution < 1.29 is 9.52 Å². The number of aryl methyl sites for hydroxylation is 2. The van der Waals surface area contributed by atoms with Crippen molar-refractivity contribution in [1.29, 1.82) is 0 Å². The zero-order chi connectivity index (χ0) is 15.3. The zero-order valence-electron chi connectivity index (χ0n) is 12.0. The van der Waals surface area contributed by atoms with Gasteiger partial charge in [0.2, 0.25) is 5.89 Å². The smallest absolute Gasteiger partial charge is 0.231 e. The third kappa shape index (κ3) is 2.17. The second-order valence-corrected chi connectivity index (χ2v) is 6.03. The van der Waals surface area contributed by atoms with Crippen molar-refractivity contribution in [3.05, 3.63) is 39.4 Å². The summed E-state index contributed by atoms with van der Waals surface area (Å²) in [6.45, 7) is 5.83. The molecule has 108 valence electrons. The van der Waals surface area contributed by atoms with Crippen LogP contribution in [0.5, 0.6) is 5.75 Å². The van der Waals surface area contributed by atoms with Crippen molar-refractivity contribution in [3.63, 3.8) is 0 Å². The van der Waals surface area contributed by atoms with E-state index in [4.69, 9.17) is 10.2 Å². The second kappa shape index (κ2) is 4.77. The Bertz CT molecular complexity index is 869. The van der Waals surface area contributed by atoms with Crippen molar-refractivity contribution in [2.75, 3.05) is 5.73 Å². The molecule has 3 rings (SSSR count). The number of hydrogen-bond acceptors (Lipinski definition) is 4. The molecule has 0 aliphatic carbocycles. The first-order valence-corrected chi connectivity index (χ1v) is 7.33. The van der Waals surface area contributed by atoms with Crippen molar-refractivity contribution in [2.24, 2.45) is 0 Å². The quantitative estimate of drug-likeness (QED) is 0.503. The number of hydrogen-bond donors (Lipinski definition) is 2. The van der Waals surface area contributed by atoms with Crippen LogP contribution in [0.4, 0.5) is 5.69 Å². The van der Waals surface area contributed by atoms with Crippen LogP contribution < -0.4 is 5.73 Å². The zero-order valence-corrected chi connectivity index (χ0v) is 13.6. The predicted octanol–water partition coefficient (Wildman–Crippen LogP) is 4.47. The first-order chi connectivity index (χ1) is 9.88. The first kappa shape index (κ1) is 13.9. The van der Waals surface area contributed by atoms with Gasteiger partial charge in [0, 0.05) is 5.69 Å². The molecule has 0 radical (unpaired) electrons. The van der Waals surface area contributed by atoms with Crippen LogP contribution in [0.25, 0.3) is 22.6 Å². The van der Waals surface area contributed by atoms with Crippen LogP contribution in [0.1, 0.15) is 16.7 Å². The lowest BCUT2D eigenvalue weighted by Gasteiger charge is -2.05. The van der Waals surface area contributed by atoms with Gasteiger partial charge in [-0.2, -0.15) is 0 Å². The van der Waals surface area contributed by atoms with Gasteiger partial charge in [0.05, 0.1) is 10.0 Å². The standard InChI is InChI=1S/C16H15BrN2O2/c1-7-5-12-15(13(17)9(7)3)21-16(19-12)11-6-10(18)4-8(2)14(11)20/h4-6,20H,18H2,1-3H3. The summed E-state index contributed by atoms with van der Waals surface area (Å²) in [6, 6.07) is 5.35. The monoisotopic (exact) mass is 346 g/mol. The number of nitrogen functional groups attached to an aromatic ring is 1. The molecule has 3 aromatic rings. The third-order valence-corrected chi connectivity index (χ3v) is 4.63. The molecule has 0 fully saturated rings. The molecule has 0 unspecified atom stereocenters. The topological polar surface area (TPSA) is 72.3 Å². The van der Waals surface area contributed by atoms with Gasteiger partial charge in [0.1, 0.15) is 11.3 Å². The number of nitrogens with zero attached hydrogens (tertiary/aromatic N) is 1. The molecule has 0 bridgehead atoms. The van der Waals surface area contributed by atoms with Gasteiger partial charge in [0.15, 0.2) is 5.58 Å². The Balaban J connectivity index is 2.30. The lowest BCUT2D eigenvalue weighted by Crippen LogP contribution is -1.89. The lowest BCUT2D eigenvalue weighted by atomic mass is 10.1. The number of fused-ring (bicyclic) bond motifs is 1. The largest absolute Gasteiger partial charge is 0.507 e. The van der Waals surface area contributed by atoms with Gasteiger partial charge < -0.3 is 15.3 Å². The highest BCUT2D eigenvalue weighted by Crippen LogP contribution is 2.38. The van der Waals surface area contributed by atoms with Crippen molar-refractivity contribution in [2.45, 2.75) is 20.8 Å². The number of phenols is 1. The normalized spacial score (nSPS) is 11.2. The molecule has 1 aromatic heterocycles. The summed E-state index contributed by atoms with van der Waals surface area (Å²) in [6.07, 6.45) is 0. The second-order valence-electron chi connectivity index (χ2n) is 5.23. The number of nitrogens with two attached hydrogens (primary N) is 1. The fraction of sp³-hybridized carbons (Fsp3) is 0.188. The number of halogens is 1. The van der Waals surface area contributed by atoms with E-state index in [0.717, 1.165) is 21.1 Å². The summed E-state index contributed by atoms with van der Waals surface area (Å²) in [5.74, 6) is 0.504. The molecule has 21 heavy (non-hydrogen) atoms. The average Bonchev–Trinajstić information content (AvgIpc) is 2.84.